The van der Waals surface area contributed by atoms with Gasteiger partial charge in [0.15, 0.2) is 17.5 Å². The molecule has 0 amide bonds. The van der Waals surface area contributed by atoms with Crippen LogP contribution in [-0.4, -0.2) is 23.0 Å². The summed E-state index contributed by atoms with van der Waals surface area (Å²) < 4.78 is 0. The third kappa shape index (κ3) is 5.09. The van der Waals surface area contributed by atoms with Crippen molar-refractivity contribution in [3.05, 3.63) is 164 Å². The molecular formula is C45H33N3Si. The molecule has 0 aliphatic carbocycles. The van der Waals surface area contributed by atoms with Crippen LogP contribution in [-0.2, 0) is 0 Å². The van der Waals surface area contributed by atoms with Crippen LogP contribution < -0.4 is 10.4 Å². The minimum absolute atomic E-state index is 0.659. The third-order valence-electron chi connectivity index (χ3n) is 9.97. The molecule has 0 atom stereocenters. The van der Waals surface area contributed by atoms with Crippen LogP contribution in [0.3, 0.4) is 0 Å². The van der Waals surface area contributed by atoms with E-state index in [0.29, 0.717) is 17.5 Å². The number of aromatic nitrogens is 3. The fourth-order valence-electron chi connectivity index (χ4n) is 7.34. The first-order valence-electron chi connectivity index (χ1n) is 16.8. The maximum atomic E-state index is 5.12. The zero-order valence-electron chi connectivity index (χ0n) is 27.4. The fourth-order valence-corrected chi connectivity index (χ4v) is 10.4. The minimum atomic E-state index is -1.77. The third-order valence-corrected chi connectivity index (χ3v) is 13.5. The molecule has 1 aromatic heterocycles. The Morgan fingerprint density at radius 2 is 0.837 bits per heavy atom. The van der Waals surface area contributed by atoms with Crippen LogP contribution in [0.5, 0.6) is 0 Å². The molecule has 0 N–H and O–H groups in total. The number of benzene rings is 7. The predicted molar refractivity (Wildman–Crippen MR) is 207 cm³/mol. The lowest BCUT2D eigenvalue weighted by Crippen LogP contribution is -2.49. The maximum absolute atomic E-state index is 5.12. The van der Waals surface area contributed by atoms with Crippen LogP contribution in [0.15, 0.2) is 164 Å². The van der Waals surface area contributed by atoms with Gasteiger partial charge in [0.25, 0.3) is 0 Å². The summed E-state index contributed by atoms with van der Waals surface area (Å²) in [6.07, 6.45) is 0. The van der Waals surface area contributed by atoms with Gasteiger partial charge in [0, 0.05) is 16.7 Å². The van der Waals surface area contributed by atoms with Gasteiger partial charge < -0.3 is 0 Å². The Morgan fingerprint density at radius 1 is 0.347 bits per heavy atom. The Balaban J connectivity index is 1.16. The number of fused-ring (bicyclic) bond motifs is 4. The van der Waals surface area contributed by atoms with Gasteiger partial charge in [-0.3, -0.25) is 0 Å². The zero-order valence-corrected chi connectivity index (χ0v) is 28.4. The lowest BCUT2D eigenvalue weighted by atomic mass is 9.97. The van der Waals surface area contributed by atoms with Crippen molar-refractivity contribution >= 4 is 29.2 Å². The Hall–Kier alpha value is -5.97. The summed E-state index contributed by atoms with van der Waals surface area (Å²) in [4.78, 5) is 15.3. The first-order valence-corrected chi connectivity index (χ1v) is 19.8. The van der Waals surface area contributed by atoms with Crippen molar-refractivity contribution in [3.63, 3.8) is 0 Å². The molecular weight excluding hydrogens is 611 g/mol. The standard InChI is InChI=1S/C45H33N3Si/c1-49(2)41-18-9-8-16-39(41)40-29-36(27-28-42(40)49)45-47-43(34-23-19-31(20-24-34)30-11-4-3-5-12-30)46-44(48-45)35-25-21-33(22-26-35)38-17-10-14-32-13-6-7-15-37(32)38/h3-29H,1-2H3. The second kappa shape index (κ2) is 11.6. The van der Waals surface area contributed by atoms with E-state index in [2.05, 4.69) is 171 Å². The van der Waals surface area contributed by atoms with Crippen molar-refractivity contribution in [2.75, 3.05) is 0 Å². The molecule has 8 aromatic rings. The Bertz CT molecular complexity index is 2500. The first-order chi connectivity index (χ1) is 24.0. The van der Waals surface area contributed by atoms with E-state index in [9.17, 15) is 0 Å². The highest BCUT2D eigenvalue weighted by Gasteiger charge is 2.37. The molecule has 0 saturated heterocycles. The molecule has 1 aliphatic heterocycles. The summed E-state index contributed by atoms with van der Waals surface area (Å²) in [6, 6.07) is 58.2. The van der Waals surface area contributed by atoms with Gasteiger partial charge in [-0.1, -0.05) is 171 Å². The van der Waals surface area contributed by atoms with E-state index in [1.165, 1.54) is 43.4 Å². The van der Waals surface area contributed by atoms with Gasteiger partial charge in [0.2, 0.25) is 0 Å². The molecule has 0 spiro atoms. The lowest BCUT2D eigenvalue weighted by molar-refractivity contribution is 1.07. The summed E-state index contributed by atoms with van der Waals surface area (Å²) in [6.45, 7) is 4.88. The molecule has 3 nitrogen and oxygen atoms in total. The number of hydrogen-bond acceptors (Lipinski definition) is 3. The van der Waals surface area contributed by atoms with E-state index < -0.39 is 8.07 Å². The molecule has 0 radical (unpaired) electrons. The zero-order chi connectivity index (χ0) is 33.0. The SMILES string of the molecule is C[Si]1(C)c2ccccc2-c2cc(-c3nc(-c4ccc(-c5ccccc5)cc4)nc(-c4ccc(-c5cccc6ccccc56)cc4)n3)ccc21. The van der Waals surface area contributed by atoms with Gasteiger partial charge in [-0.2, -0.15) is 0 Å². The highest BCUT2D eigenvalue weighted by atomic mass is 28.3. The van der Waals surface area contributed by atoms with E-state index in [0.717, 1.165) is 27.8 Å². The highest BCUT2D eigenvalue weighted by molar-refractivity contribution is 7.03. The summed E-state index contributed by atoms with van der Waals surface area (Å²) in [5.74, 6) is 2.00. The smallest absolute Gasteiger partial charge is 0.164 e. The van der Waals surface area contributed by atoms with Crippen molar-refractivity contribution in [1.29, 1.82) is 0 Å². The topological polar surface area (TPSA) is 38.7 Å². The van der Waals surface area contributed by atoms with Gasteiger partial charge >= 0.3 is 0 Å². The van der Waals surface area contributed by atoms with Gasteiger partial charge in [0.05, 0.1) is 0 Å². The maximum Gasteiger partial charge on any atom is 0.164 e. The van der Waals surface area contributed by atoms with E-state index in [-0.39, 0.29) is 0 Å². The quantitative estimate of drug-likeness (QED) is 0.175. The van der Waals surface area contributed by atoms with E-state index in [1.54, 1.807) is 0 Å². The summed E-state index contributed by atoms with van der Waals surface area (Å²) in [5.41, 5.74) is 10.3. The van der Waals surface area contributed by atoms with Gasteiger partial charge in [-0.05, 0) is 60.6 Å². The average Bonchev–Trinajstić information content (AvgIpc) is 3.40. The Morgan fingerprint density at radius 3 is 1.57 bits per heavy atom. The van der Waals surface area contributed by atoms with Crippen LogP contribution >= 0.6 is 0 Å². The molecule has 0 fully saturated rings. The summed E-state index contributed by atoms with van der Waals surface area (Å²) in [7, 11) is -1.77. The van der Waals surface area contributed by atoms with E-state index in [4.69, 9.17) is 15.0 Å². The average molecular weight is 644 g/mol. The molecule has 0 saturated carbocycles. The van der Waals surface area contributed by atoms with Crippen molar-refractivity contribution < 1.29 is 0 Å². The molecule has 2 heterocycles. The van der Waals surface area contributed by atoms with Gasteiger partial charge in [-0.25, -0.2) is 15.0 Å². The first kappa shape index (κ1) is 29.2. The largest absolute Gasteiger partial charge is 0.208 e. The normalized spacial score (nSPS) is 12.9. The van der Waals surface area contributed by atoms with E-state index >= 15 is 0 Å². The number of rotatable bonds is 5. The second-order valence-electron chi connectivity index (χ2n) is 13.3. The second-order valence-corrected chi connectivity index (χ2v) is 17.6. The lowest BCUT2D eigenvalue weighted by Gasteiger charge is -2.18. The highest BCUT2D eigenvalue weighted by Crippen LogP contribution is 2.34. The molecule has 1 aliphatic rings. The minimum Gasteiger partial charge on any atom is -0.208 e. The molecule has 49 heavy (non-hydrogen) atoms. The monoisotopic (exact) mass is 643 g/mol. The van der Waals surface area contributed by atoms with Crippen molar-refractivity contribution in [2.24, 2.45) is 0 Å². The van der Waals surface area contributed by atoms with Crippen LogP contribution in [0.2, 0.25) is 13.1 Å². The Kier molecular flexibility index (Phi) is 6.92. The molecule has 0 bridgehead atoms. The summed E-state index contributed by atoms with van der Waals surface area (Å²) in [5, 5.41) is 5.43. The van der Waals surface area contributed by atoms with Gasteiger partial charge in [0.1, 0.15) is 8.07 Å². The molecule has 0 unspecified atom stereocenters. The summed E-state index contributed by atoms with van der Waals surface area (Å²) >= 11 is 0. The number of hydrogen-bond donors (Lipinski definition) is 0. The molecule has 9 rings (SSSR count). The molecule has 7 aromatic carbocycles. The van der Waals surface area contributed by atoms with Crippen LogP contribution in [0, 0.1) is 0 Å². The van der Waals surface area contributed by atoms with Crippen LogP contribution in [0.1, 0.15) is 0 Å². The van der Waals surface area contributed by atoms with Gasteiger partial charge in [-0.15, -0.1) is 0 Å². The van der Waals surface area contributed by atoms with Crippen LogP contribution in [0.25, 0.3) is 78.3 Å². The van der Waals surface area contributed by atoms with Crippen molar-refractivity contribution in [3.8, 4) is 67.5 Å². The predicted octanol–water partition coefficient (Wildman–Crippen LogP) is 10.2. The van der Waals surface area contributed by atoms with Crippen LogP contribution in [0.4, 0.5) is 0 Å². The fraction of sp³-hybridized carbons (Fsp3) is 0.0444. The van der Waals surface area contributed by atoms with E-state index in [1.807, 2.05) is 6.07 Å². The molecule has 4 heteroatoms. The number of nitrogens with zero attached hydrogens (tertiary/aromatic N) is 3. The van der Waals surface area contributed by atoms with Crippen molar-refractivity contribution in [2.45, 2.75) is 13.1 Å². The Labute approximate surface area is 287 Å². The molecule has 232 valence electrons. The van der Waals surface area contributed by atoms with Crippen molar-refractivity contribution in [1.82, 2.24) is 15.0 Å².